The first-order valence-electron chi connectivity index (χ1n) is 9.99. The molecular weight excluding hydrogens is 398 g/mol. The highest BCUT2D eigenvalue weighted by Gasteiger charge is 2.23. The van der Waals surface area contributed by atoms with Crippen molar-refractivity contribution in [2.75, 3.05) is 18.5 Å². The van der Waals surface area contributed by atoms with Gasteiger partial charge in [-0.25, -0.2) is 4.79 Å². The second kappa shape index (κ2) is 10.1. The Morgan fingerprint density at radius 1 is 1.00 bits per heavy atom. The Hall–Kier alpha value is -3.12. The molecule has 0 aliphatic heterocycles. The summed E-state index contributed by atoms with van der Waals surface area (Å²) in [4.78, 5) is 25.5. The van der Waals surface area contributed by atoms with Gasteiger partial charge in [-0.15, -0.1) is 11.3 Å². The van der Waals surface area contributed by atoms with Gasteiger partial charge in [0.1, 0.15) is 16.3 Å². The predicted molar refractivity (Wildman–Crippen MR) is 121 cm³/mol. The van der Waals surface area contributed by atoms with E-state index in [9.17, 15) is 9.59 Å². The number of hydrogen-bond acceptors (Lipinski definition) is 5. The minimum atomic E-state index is -0.452. The van der Waals surface area contributed by atoms with Gasteiger partial charge in [0.2, 0.25) is 0 Å². The van der Waals surface area contributed by atoms with Crippen LogP contribution in [0.2, 0.25) is 0 Å². The lowest BCUT2D eigenvalue weighted by Gasteiger charge is -2.10. The first-order chi connectivity index (χ1) is 14.6. The molecule has 0 aliphatic carbocycles. The highest BCUT2D eigenvalue weighted by molar-refractivity contribution is 7.15. The second-order valence-electron chi connectivity index (χ2n) is 6.54. The number of hydrogen-bond donors (Lipinski definition) is 1. The van der Waals surface area contributed by atoms with E-state index in [1.807, 2.05) is 36.6 Å². The molecule has 0 atom stereocenters. The molecule has 1 amide bonds. The average Bonchev–Trinajstić information content (AvgIpc) is 3.18. The van der Waals surface area contributed by atoms with Gasteiger partial charge in [0.25, 0.3) is 5.91 Å². The summed E-state index contributed by atoms with van der Waals surface area (Å²) in [5.74, 6) is -0.137. The van der Waals surface area contributed by atoms with Crippen LogP contribution in [-0.2, 0) is 11.2 Å². The van der Waals surface area contributed by atoms with Gasteiger partial charge in [0.05, 0.1) is 13.2 Å². The van der Waals surface area contributed by atoms with Crippen molar-refractivity contribution in [3.05, 3.63) is 70.6 Å². The molecule has 0 radical (unpaired) electrons. The van der Waals surface area contributed by atoms with Crippen molar-refractivity contribution in [2.24, 2.45) is 0 Å². The summed E-state index contributed by atoms with van der Waals surface area (Å²) in [5, 5.41) is 5.21. The van der Waals surface area contributed by atoms with E-state index < -0.39 is 5.97 Å². The summed E-state index contributed by atoms with van der Waals surface area (Å²) >= 11 is 1.31. The minimum Gasteiger partial charge on any atom is -0.494 e. The number of amides is 1. The van der Waals surface area contributed by atoms with Crippen LogP contribution in [0.3, 0.4) is 0 Å². The van der Waals surface area contributed by atoms with E-state index in [0.29, 0.717) is 28.5 Å². The maximum atomic E-state index is 12.8. The molecule has 0 saturated carbocycles. The van der Waals surface area contributed by atoms with E-state index in [4.69, 9.17) is 9.47 Å². The Bertz CT molecular complexity index is 1020. The molecule has 0 aliphatic rings. The SMILES string of the molecule is CCOC(=O)c1c(-c2ccc(CC)cc2)csc1NC(=O)c1cccc(OCC)c1. The van der Waals surface area contributed by atoms with Gasteiger partial charge in [-0.3, -0.25) is 4.79 Å². The lowest BCUT2D eigenvalue weighted by Crippen LogP contribution is -2.15. The first kappa shape index (κ1) is 21.6. The van der Waals surface area contributed by atoms with Crippen LogP contribution in [-0.4, -0.2) is 25.1 Å². The van der Waals surface area contributed by atoms with Crippen molar-refractivity contribution in [3.63, 3.8) is 0 Å². The second-order valence-corrected chi connectivity index (χ2v) is 7.42. The predicted octanol–water partition coefficient (Wildman–Crippen LogP) is 5.81. The number of carbonyl (C=O) groups is 2. The Balaban J connectivity index is 1.94. The molecule has 6 heteroatoms. The van der Waals surface area contributed by atoms with Crippen molar-refractivity contribution >= 4 is 28.2 Å². The van der Waals surface area contributed by atoms with Gasteiger partial charge in [0.15, 0.2) is 0 Å². The lowest BCUT2D eigenvalue weighted by molar-refractivity contribution is 0.0529. The Morgan fingerprint density at radius 3 is 2.43 bits per heavy atom. The highest BCUT2D eigenvalue weighted by atomic mass is 32.1. The van der Waals surface area contributed by atoms with E-state index in [1.165, 1.54) is 16.9 Å². The van der Waals surface area contributed by atoms with E-state index in [-0.39, 0.29) is 12.5 Å². The van der Waals surface area contributed by atoms with E-state index in [1.54, 1.807) is 31.2 Å². The third-order valence-corrected chi connectivity index (χ3v) is 5.47. The summed E-state index contributed by atoms with van der Waals surface area (Å²) in [7, 11) is 0. The topological polar surface area (TPSA) is 64.6 Å². The highest BCUT2D eigenvalue weighted by Crippen LogP contribution is 2.36. The summed E-state index contributed by atoms with van der Waals surface area (Å²) in [6, 6.07) is 15.0. The van der Waals surface area contributed by atoms with Crippen molar-refractivity contribution in [2.45, 2.75) is 27.2 Å². The van der Waals surface area contributed by atoms with Gasteiger partial charge >= 0.3 is 5.97 Å². The van der Waals surface area contributed by atoms with Gasteiger partial charge in [-0.05, 0) is 49.6 Å². The molecule has 156 valence electrons. The summed E-state index contributed by atoms with van der Waals surface area (Å²) in [5.41, 5.74) is 3.71. The van der Waals surface area contributed by atoms with Crippen LogP contribution >= 0.6 is 11.3 Å². The van der Waals surface area contributed by atoms with Gasteiger partial charge in [-0.1, -0.05) is 37.3 Å². The zero-order valence-electron chi connectivity index (χ0n) is 17.4. The van der Waals surface area contributed by atoms with E-state index in [0.717, 1.165) is 17.5 Å². The molecule has 3 rings (SSSR count). The molecule has 30 heavy (non-hydrogen) atoms. The molecule has 0 saturated heterocycles. The Morgan fingerprint density at radius 2 is 1.77 bits per heavy atom. The third-order valence-electron chi connectivity index (χ3n) is 4.58. The van der Waals surface area contributed by atoms with Crippen LogP contribution in [0.25, 0.3) is 11.1 Å². The van der Waals surface area contributed by atoms with Crippen LogP contribution in [0.5, 0.6) is 5.75 Å². The molecule has 1 N–H and O–H groups in total. The molecule has 0 unspecified atom stereocenters. The number of anilines is 1. The lowest BCUT2D eigenvalue weighted by atomic mass is 10.0. The molecule has 3 aromatic rings. The zero-order valence-corrected chi connectivity index (χ0v) is 18.2. The van der Waals surface area contributed by atoms with Crippen molar-refractivity contribution in [1.82, 2.24) is 0 Å². The van der Waals surface area contributed by atoms with Crippen LogP contribution in [0.15, 0.2) is 53.9 Å². The fourth-order valence-electron chi connectivity index (χ4n) is 3.06. The Kier molecular flexibility index (Phi) is 7.25. The molecule has 2 aromatic carbocycles. The quantitative estimate of drug-likeness (QED) is 0.465. The van der Waals surface area contributed by atoms with E-state index >= 15 is 0 Å². The molecule has 0 bridgehead atoms. The minimum absolute atomic E-state index is 0.257. The average molecular weight is 424 g/mol. The number of thiophene rings is 1. The number of aryl methyl sites for hydroxylation is 1. The zero-order chi connectivity index (χ0) is 21.5. The number of ether oxygens (including phenoxy) is 2. The molecule has 5 nitrogen and oxygen atoms in total. The number of rotatable bonds is 8. The molecule has 0 spiro atoms. The van der Waals surface area contributed by atoms with Gasteiger partial charge in [0, 0.05) is 16.5 Å². The smallest absolute Gasteiger partial charge is 0.341 e. The monoisotopic (exact) mass is 423 g/mol. The fraction of sp³-hybridized carbons (Fsp3) is 0.250. The number of carbonyl (C=O) groups excluding carboxylic acids is 2. The van der Waals surface area contributed by atoms with Gasteiger partial charge in [-0.2, -0.15) is 0 Å². The number of benzene rings is 2. The standard InChI is InChI=1S/C24H25NO4S/c1-4-16-10-12-17(13-11-16)20-15-30-23(21(20)24(27)29-6-3)25-22(26)18-8-7-9-19(14-18)28-5-2/h7-15H,4-6H2,1-3H3,(H,25,26). The van der Waals surface area contributed by atoms with Crippen LogP contribution in [0.4, 0.5) is 5.00 Å². The molecule has 1 heterocycles. The molecular formula is C24H25NO4S. The van der Waals surface area contributed by atoms with Gasteiger partial charge < -0.3 is 14.8 Å². The number of esters is 1. The normalized spacial score (nSPS) is 10.5. The maximum absolute atomic E-state index is 12.8. The maximum Gasteiger partial charge on any atom is 0.341 e. The van der Waals surface area contributed by atoms with Crippen molar-refractivity contribution < 1.29 is 19.1 Å². The molecule has 1 aromatic heterocycles. The van der Waals surface area contributed by atoms with E-state index in [2.05, 4.69) is 12.2 Å². The summed E-state index contributed by atoms with van der Waals surface area (Å²) < 4.78 is 10.7. The van der Waals surface area contributed by atoms with Crippen molar-refractivity contribution in [3.8, 4) is 16.9 Å². The number of nitrogens with one attached hydrogen (secondary N) is 1. The third kappa shape index (κ3) is 4.89. The van der Waals surface area contributed by atoms with Crippen LogP contribution in [0.1, 0.15) is 47.1 Å². The first-order valence-corrected chi connectivity index (χ1v) is 10.9. The molecule has 0 fully saturated rings. The summed E-state index contributed by atoms with van der Waals surface area (Å²) in [6.45, 7) is 6.52. The van der Waals surface area contributed by atoms with Crippen LogP contribution < -0.4 is 10.1 Å². The van der Waals surface area contributed by atoms with Crippen LogP contribution in [0, 0.1) is 0 Å². The summed E-state index contributed by atoms with van der Waals surface area (Å²) in [6.07, 6.45) is 0.941. The Labute approximate surface area is 180 Å². The fourth-order valence-corrected chi connectivity index (χ4v) is 4.01. The van der Waals surface area contributed by atoms with Crippen molar-refractivity contribution in [1.29, 1.82) is 0 Å². The largest absolute Gasteiger partial charge is 0.494 e.